The van der Waals surface area contributed by atoms with Crippen LogP contribution < -0.4 is 9.64 Å². The maximum Gasteiger partial charge on any atom is 0.263 e. The van der Waals surface area contributed by atoms with Gasteiger partial charge in [-0.15, -0.1) is 0 Å². The zero-order valence-corrected chi connectivity index (χ0v) is 15.7. The molecule has 0 aliphatic carbocycles. The van der Waals surface area contributed by atoms with E-state index >= 15 is 0 Å². The molecule has 1 atom stereocenters. The Bertz CT molecular complexity index is 774. The summed E-state index contributed by atoms with van der Waals surface area (Å²) < 4.78 is 18.9. The first-order valence-electron chi connectivity index (χ1n) is 8.66. The van der Waals surface area contributed by atoms with E-state index in [-0.39, 0.29) is 11.7 Å². The van der Waals surface area contributed by atoms with Gasteiger partial charge < -0.3 is 14.5 Å². The Morgan fingerprint density at radius 3 is 2.38 bits per heavy atom. The summed E-state index contributed by atoms with van der Waals surface area (Å²) in [6, 6.07) is 11.8. The SMILES string of the molecule is Cc1cc(Cl)ccc1OC(C)C(=O)N1CCN(c2ccc(F)cc2)CC1. The van der Waals surface area contributed by atoms with Crippen molar-refractivity contribution in [2.45, 2.75) is 20.0 Å². The lowest BCUT2D eigenvalue weighted by atomic mass is 10.2. The second kappa shape index (κ2) is 7.96. The molecule has 0 N–H and O–H groups in total. The second-order valence-electron chi connectivity index (χ2n) is 6.46. The summed E-state index contributed by atoms with van der Waals surface area (Å²) in [6.07, 6.45) is -0.563. The summed E-state index contributed by atoms with van der Waals surface area (Å²) in [7, 11) is 0. The van der Waals surface area contributed by atoms with Crippen LogP contribution in [0, 0.1) is 12.7 Å². The van der Waals surface area contributed by atoms with E-state index in [1.807, 2.05) is 17.9 Å². The molecule has 6 heteroatoms. The lowest BCUT2D eigenvalue weighted by Crippen LogP contribution is -2.52. The summed E-state index contributed by atoms with van der Waals surface area (Å²) in [5, 5.41) is 0.644. The Morgan fingerprint density at radius 2 is 1.77 bits per heavy atom. The summed E-state index contributed by atoms with van der Waals surface area (Å²) in [4.78, 5) is 16.6. The largest absolute Gasteiger partial charge is 0.481 e. The van der Waals surface area contributed by atoms with Crippen LogP contribution in [-0.2, 0) is 4.79 Å². The number of nitrogens with zero attached hydrogens (tertiary/aromatic N) is 2. The fourth-order valence-corrected chi connectivity index (χ4v) is 3.31. The molecular formula is C20H22ClFN2O2. The fourth-order valence-electron chi connectivity index (χ4n) is 3.08. The first-order chi connectivity index (χ1) is 12.4. The molecule has 2 aromatic rings. The van der Waals surface area contributed by atoms with Gasteiger partial charge in [0, 0.05) is 36.9 Å². The van der Waals surface area contributed by atoms with Crippen LogP contribution >= 0.6 is 11.6 Å². The second-order valence-corrected chi connectivity index (χ2v) is 6.90. The lowest BCUT2D eigenvalue weighted by Gasteiger charge is -2.37. The summed E-state index contributed by atoms with van der Waals surface area (Å²) >= 11 is 5.95. The first-order valence-corrected chi connectivity index (χ1v) is 9.04. The zero-order valence-electron chi connectivity index (χ0n) is 14.9. The monoisotopic (exact) mass is 376 g/mol. The van der Waals surface area contributed by atoms with Gasteiger partial charge in [-0.3, -0.25) is 4.79 Å². The van der Waals surface area contributed by atoms with Crippen LogP contribution in [0.3, 0.4) is 0 Å². The van der Waals surface area contributed by atoms with Gasteiger partial charge >= 0.3 is 0 Å². The quantitative estimate of drug-likeness (QED) is 0.811. The topological polar surface area (TPSA) is 32.8 Å². The van der Waals surface area contributed by atoms with Crippen LogP contribution in [0.4, 0.5) is 10.1 Å². The number of anilines is 1. The van der Waals surface area contributed by atoms with Crippen molar-refractivity contribution in [3.63, 3.8) is 0 Å². The molecule has 0 aromatic heterocycles. The van der Waals surface area contributed by atoms with Crippen molar-refractivity contribution in [1.29, 1.82) is 0 Å². The van der Waals surface area contributed by atoms with Crippen LogP contribution in [0.1, 0.15) is 12.5 Å². The van der Waals surface area contributed by atoms with Crippen molar-refractivity contribution in [1.82, 2.24) is 4.90 Å². The summed E-state index contributed by atoms with van der Waals surface area (Å²) in [5.41, 5.74) is 1.87. The Hall–Kier alpha value is -2.27. The van der Waals surface area contributed by atoms with Gasteiger partial charge in [-0.25, -0.2) is 4.39 Å². The van der Waals surface area contributed by atoms with Crippen molar-refractivity contribution in [3.8, 4) is 5.75 Å². The Morgan fingerprint density at radius 1 is 1.12 bits per heavy atom. The smallest absolute Gasteiger partial charge is 0.263 e. The molecule has 0 bridgehead atoms. The molecule has 138 valence electrons. The third-order valence-corrected chi connectivity index (χ3v) is 4.81. The number of hydrogen-bond acceptors (Lipinski definition) is 3. The Kier molecular flexibility index (Phi) is 5.67. The van der Waals surface area contributed by atoms with E-state index < -0.39 is 6.10 Å². The number of rotatable bonds is 4. The maximum atomic E-state index is 13.0. The van der Waals surface area contributed by atoms with E-state index in [4.69, 9.17) is 16.3 Å². The normalized spacial score (nSPS) is 15.7. The molecule has 1 amide bonds. The van der Waals surface area contributed by atoms with Gasteiger partial charge in [0.15, 0.2) is 6.10 Å². The minimum absolute atomic E-state index is 0.0295. The minimum atomic E-state index is -0.563. The van der Waals surface area contributed by atoms with Crippen LogP contribution in [0.25, 0.3) is 0 Å². The highest BCUT2D eigenvalue weighted by Crippen LogP contribution is 2.23. The van der Waals surface area contributed by atoms with Crippen molar-refractivity contribution < 1.29 is 13.9 Å². The summed E-state index contributed by atoms with van der Waals surface area (Å²) in [6.45, 7) is 6.32. The molecular weight excluding hydrogens is 355 g/mol. The number of piperazine rings is 1. The van der Waals surface area contributed by atoms with Gasteiger partial charge in [-0.1, -0.05) is 11.6 Å². The first kappa shape index (κ1) is 18.5. The lowest BCUT2D eigenvalue weighted by molar-refractivity contribution is -0.138. The molecule has 2 aromatic carbocycles. The number of halogens is 2. The minimum Gasteiger partial charge on any atom is -0.481 e. The van der Waals surface area contributed by atoms with Gasteiger partial charge in [-0.2, -0.15) is 0 Å². The fraction of sp³-hybridized carbons (Fsp3) is 0.350. The van der Waals surface area contributed by atoms with Gasteiger partial charge in [-0.05, 0) is 61.9 Å². The van der Waals surface area contributed by atoms with Gasteiger partial charge in [0.2, 0.25) is 0 Å². The average Bonchev–Trinajstić information content (AvgIpc) is 2.64. The van der Waals surface area contributed by atoms with Crippen molar-refractivity contribution >= 4 is 23.2 Å². The number of aryl methyl sites for hydroxylation is 1. The average molecular weight is 377 g/mol. The van der Waals surface area contributed by atoms with E-state index in [2.05, 4.69) is 4.90 Å². The van der Waals surface area contributed by atoms with E-state index in [1.54, 1.807) is 31.2 Å². The molecule has 3 rings (SSSR count). The molecule has 4 nitrogen and oxygen atoms in total. The third-order valence-electron chi connectivity index (χ3n) is 4.57. The van der Waals surface area contributed by atoms with Crippen LogP contribution in [-0.4, -0.2) is 43.1 Å². The van der Waals surface area contributed by atoms with Gasteiger partial charge in [0.1, 0.15) is 11.6 Å². The molecule has 1 saturated heterocycles. The predicted octanol–water partition coefficient (Wildman–Crippen LogP) is 3.90. The van der Waals surface area contributed by atoms with E-state index in [1.165, 1.54) is 12.1 Å². The number of benzene rings is 2. The Balaban J connectivity index is 1.56. The third kappa shape index (κ3) is 4.28. The van der Waals surface area contributed by atoms with Crippen LogP contribution in [0.15, 0.2) is 42.5 Å². The molecule has 0 saturated carbocycles. The number of hydrogen-bond donors (Lipinski definition) is 0. The molecule has 0 radical (unpaired) electrons. The highest BCUT2D eigenvalue weighted by atomic mass is 35.5. The highest BCUT2D eigenvalue weighted by molar-refractivity contribution is 6.30. The molecule has 1 aliphatic heterocycles. The summed E-state index contributed by atoms with van der Waals surface area (Å²) in [5.74, 6) is 0.393. The standard InChI is InChI=1S/C20H22ClFN2O2/c1-14-13-16(21)3-8-19(14)26-15(2)20(25)24-11-9-23(10-12-24)18-6-4-17(22)5-7-18/h3-8,13,15H,9-12H2,1-2H3. The maximum absolute atomic E-state index is 13.0. The van der Waals surface area contributed by atoms with Crippen molar-refractivity contribution in [2.24, 2.45) is 0 Å². The molecule has 1 heterocycles. The predicted molar refractivity (Wildman–Crippen MR) is 101 cm³/mol. The number of carbonyl (C=O) groups is 1. The number of carbonyl (C=O) groups excluding carboxylic acids is 1. The van der Waals surface area contributed by atoms with Crippen LogP contribution in [0.2, 0.25) is 5.02 Å². The van der Waals surface area contributed by atoms with Gasteiger partial charge in [0.25, 0.3) is 5.91 Å². The number of ether oxygens (including phenoxy) is 1. The molecule has 1 aliphatic rings. The van der Waals surface area contributed by atoms with Gasteiger partial charge in [0.05, 0.1) is 0 Å². The molecule has 26 heavy (non-hydrogen) atoms. The van der Waals surface area contributed by atoms with Crippen LogP contribution in [0.5, 0.6) is 5.75 Å². The van der Waals surface area contributed by atoms with E-state index in [9.17, 15) is 9.18 Å². The Labute approximate surface area is 158 Å². The molecule has 1 unspecified atom stereocenters. The van der Waals surface area contributed by atoms with Crippen molar-refractivity contribution in [3.05, 3.63) is 58.9 Å². The van der Waals surface area contributed by atoms with E-state index in [0.29, 0.717) is 37.0 Å². The molecule has 1 fully saturated rings. The highest BCUT2D eigenvalue weighted by Gasteiger charge is 2.26. The molecule has 0 spiro atoms. The van der Waals surface area contributed by atoms with E-state index in [0.717, 1.165) is 11.3 Å². The zero-order chi connectivity index (χ0) is 18.7. The van der Waals surface area contributed by atoms with Crippen molar-refractivity contribution in [2.75, 3.05) is 31.1 Å². The number of amides is 1.